The van der Waals surface area contributed by atoms with Gasteiger partial charge in [-0.25, -0.2) is 0 Å². The first-order valence-electron chi connectivity index (χ1n) is 12.3. The van der Waals surface area contributed by atoms with Crippen molar-refractivity contribution >= 4 is 5.91 Å². The summed E-state index contributed by atoms with van der Waals surface area (Å²) in [7, 11) is 0. The summed E-state index contributed by atoms with van der Waals surface area (Å²) >= 11 is 0. The molecule has 4 aromatic carbocycles. The Bertz CT molecular complexity index is 1350. The third-order valence-electron chi connectivity index (χ3n) is 7.05. The summed E-state index contributed by atoms with van der Waals surface area (Å²) in [6.07, 6.45) is 2.40. The standard InChI is InChI=1S/C31H27NO4/c33-30(32-20-23-16-17-28-29(19-23)35-21-34-28)31(18-8-11-22-9-2-1-3-10-22)24-12-4-6-14-26(24)36-27-15-7-5-13-25(27)31/h1-7,9-10,12-17,19H,8,11,18,20-21H2,(H,32,33). The molecule has 0 saturated heterocycles. The van der Waals surface area contributed by atoms with E-state index in [0.29, 0.717) is 18.7 Å². The van der Waals surface area contributed by atoms with Gasteiger partial charge in [0, 0.05) is 17.7 Å². The van der Waals surface area contributed by atoms with Crippen molar-refractivity contribution in [1.29, 1.82) is 0 Å². The number of hydrogen-bond donors (Lipinski definition) is 1. The van der Waals surface area contributed by atoms with E-state index in [2.05, 4.69) is 29.6 Å². The van der Waals surface area contributed by atoms with E-state index in [1.54, 1.807) is 0 Å². The van der Waals surface area contributed by atoms with Crippen LogP contribution >= 0.6 is 0 Å². The van der Waals surface area contributed by atoms with E-state index in [1.807, 2.05) is 72.8 Å². The van der Waals surface area contributed by atoms with Crippen molar-refractivity contribution in [3.63, 3.8) is 0 Å². The molecule has 5 nitrogen and oxygen atoms in total. The van der Waals surface area contributed by atoms with Crippen molar-refractivity contribution in [2.45, 2.75) is 31.2 Å². The largest absolute Gasteiger partial charge is 0.457 e. The Morgan fingerprint density at radius 3 is 2.14 bits per heavy atom. The Labute approximate surface area is 210 Å². The third-order valence-corrected chi connectivity index (χ3v) is 7.05. The lowest BCUT2D eigenvalue weighted by Gasteiger charge is -2.39. The van der Waals surface area contributed by atoms with Crippen LogP contribution in [0.15, 0.2) is 97.1 Å². The van der Waals surface area contributed by atoms with Crippen LogP contribution in [0.25, 0.3) is 0 Å². The summed E-state index contributed by atoms with van der Waals surface area (Å²) in [5.74, 6) is 2.87. The van der Waals surface area contributed by atoms with Crippen LogP contribution in [0.5, 0.6) is 23.0 Å². The van der Waals surface area contributed by atoms with Crippen molar-refractivity contribution in [2.24, 2.45) is 0 Å². The second-order valence-electron chi connectivity index (χ2n) is 9.21. The van der Waals surface area contributed by atoms with E-state index >= 15 is 0 Å². The van der Waals surface area contributed by atoms with Gasteiger partial charge in [0.05, 0.1) is 0 Å². The van der Waals surface area contributed by atoms with Crippen LogP contribution in [0, 0.1) is 0 Å². The van der Waals surface area contributed by atoms with Crippen molar-refractivity contribution in [1.82, 2.24) is 5.32 Å². The van der Waals surface area contributed by atoms with Gasteiger partial charge in [-0.05, 0) is 54.7 Å². The van der Waals surface area contributed by atoms with Crippen LogP contribution in [0.3, 0.4) is 0 Å². The number of fused-ring (bicyclic) bond motifs is 3. The van der Waals surface area contributed by atoms with E-state index in [-0.39, 0.29) is 12.7 Å². The van der Waals surface area contributed by atoms with Crippen LogP contribution in [0.1, 0.15) is 35.1 Å². The molecule has 0 aliphatic carbocycles. The quantitative estimate of drug-likeness (QED) is 0.347. The summed E-state index contributed by atoms with van der Waals surface area (Å²) in [5, 5.41) is 3.24. The Morgan fingerprint density at radius 1 is 0.722 bits per heavy atom. The van der Waals surface area contributed by atoms with E-state index in [1.165, 1.54) is 5.56 Å². The highest BCUT2D eigenvalue weighted by molar-refractivity contribution is 5.94. The molecule has 0 spiro atoms. The highest BCUT2D eigenvalue weighted by Crippen LogP contribution is 2.50. The number of amides is 1. The first-order chi connectivity index (χ1) is 17.7. The first-order valence-corrected chi connectivity index (χ1v) is 12.3. The van der Waals surface area contributed by atoms with E-state index in [0.717, 1.165) is 46.8 Å². The van der Waals surface area contributed by atoms with Crippen molar-refractivity contribution < 1.29 is 19.0 Å². The first kappa shape index (κ1) is 22.2. The van der Waals surface area contributed by atoms with Crippen LogP contribution in [-0.4, -0.2) is 12.7 Å². The SMILES string of the molecule is O=C(NCc1ccc2c(c1)OCO2)C1(CCCc2ccccc2)c2ccccc2Oc2ccccc21. The van der Waals surface area contributed by atoms with E-state index in [4.69, 9.17) is 14.2 Å². The maximum Gasteiger partial charge on any atom is 0.235 e. The molecule has 0 bridgehead atoms. The fourth-order valence-corrected chi connectivity index (χ4v) is 5.29. The molecule has 0 saturated carbocycles. The van der Waals surface area contributed by atoms with Crippen LogP contribution in [0.2, 0.25) is 0 Å². The Hall–Kier alpha value is -4.25. The molecule has 2 heterocycles. The molecule has 6 rings (SSSR count). The Balaban J connectivity index is 1.35. The topological polar surface area (TPSA) is 56.8 Å². The third kappa shape index (κ3) is 3.97. The summed E-state index contributed by atoms with van der Waals surface area (Å²) in [4.78, 5) is 14.3. The van der Waals surface area contributed by atoms with Crippen molar-refractivity contribution in [2.75, 3.05) is 6.79 Å². The summed E-state index contributed by atoms with van der Waals surface area (Å²) in [6.45, 7) is 0.615. The highest BCUT2D eigenvalue weighted by Gasteiger charge is 2.47. The number of hydrogen-bond acceptors (Lipinski definition) is 4. The molecule has 0 atom stereocenters. The molecule has 2 aliphatic rings. The molecule has 2 aliphatic heterocycles. The molecule has 1 N–H and O–H groups in total. The van der Waals surface area contributed by atoms with E-state index < -0.39 is 5.41 Å². The maximum atomic E-state index is 14.3. The molecule has 0 unspecified atom stereocenters. The van der Waals surface area contributed by atoms with Gasteiger partial charge in [0.15, 0.2) is 11.5 Å². The monoisotopic (exact) mass is 477 g/mol. The van der Waals surface area contributed by atoms with Crippen molar-refractivity contribution in [3.8, 4) is 23.0 Å². The lowest BCUT2D eigenvalue weighted by atomic mass is 9.68. The second-order valence-corrected chi connectivity index (χ2v) is 9.21. The number of carbonyl (C=O) groups is 1. The fraction of sp³-hybridized carbons (Fsp3) is 0.194. The van der Waals surface area contributed by atoms with E-state index in [9.17, 15) is 4.79 Å². The molecule has 4 aromatic rings. The number of ether oxygens (including phenoxy) is 3. The molecule has 0 fully saturated rings. The molecule has 1 amide bonds. The summed E-state index contributed by atoms with van der Waals surface area (Å²) in [6, 6.07) is 32.0. The predicted octanol–water partition coefficient (Wildman–Crippen LogP) is 6.15. The zero-order chi connectivity index (χ0) is 24.4. The zero-order valence-corrected chi connectivity index (χ0v) is 19.9. The zero-order valence-electron chi connectivity index (χ0n) is 19.9. The number of carbonyl (C=O) groups excluding carboxylic acids is 1. The van der Waals surface area contributed by atoms with Gasteiger partial charge < -0.3 is 19.5 Å². The van der Waals surface area contributed by atoms with Crippen LogP contribution in [-0.2, 0) is 23.2 Å². The van der Waals surface area contributed by atoms with Gasteiger partial charge in [-0.1, -0.05) is 72.8 Å². The van der Waals surface area contributed by atoms with Gasteiger partial charge in [-0.3, -0.25) is 4.79 Å². The smallest absolute Gasteiger partial charge is 0.235 e. The molecular formula is C31H27NO4. The highest BCUT2D eigenvalue weighted by atomic mass is 16.7. The molecule has 0 radical (unpaired) electrons. The number of nitrogens with one attached hydrogen (secondary N) is 1. The lowest BCUT2D eigenvalue weighted by Crippen LogP contribution is -2.46. The maximum absolute atomic E-state index is 14.3. The normalized spacial score (nSPS) is 14.3. The molecular weight excluding hydrogens is 450 g/mol. The number of aryl methyl sites for hydroxylation is 1. The number of benzene rings is 4. The summed E-state index contributed by atoms with van der Waals surface area (Å²) in [5.41, 5.74) is 3.17. The molecule has 180 valence electrons. The Kier molecular flexibility index (Phi) is 5.82. The number of rotatable bonds is 7. The average Bonchev–Trinajstić information content (AvgIpc) is 3.40. The number of para-hydroxylation sites is 2. The minimum atomic E-state index is -0.865. The average molecular weight is 478 g/mol. The predicted molar refractivity (Wildman–Crippen MR) is 138 cm³/mol. The van der Waals surface area contributed by atoms with Crippen LogP contribution in [0.4, 0.5) is 0 Å². The van der Waals surface area contributed by atoms with Gasteiger partial charge in [-0.15, -0.1) is 0 Å². The molecule has 36 heavy (non-hydrogen) atoms. The lowest BCUT2D eigenvalue weighted by molar-refractivity contribution is -0.126. The minimum absolute atomic E-state index is 0.0311. The van der Waals surface area contributed by atoms with Gasteiger partial charge in [0.25, 0.3) is 0 Å². The van der Waals surface area contributed by atoms with Crippen LogP contribution < -0.4 is 19.5 Å². The van der Waals surface area contributed by atoms with Gasteiger partial charge in [-0.2, -0.15) is 0 Å². The van der Waals surface area contributed by atoms with Gasteiger partial charge in [0.2, 0.25) is 12.7 Å². The Morgan fingerprint density at radius 2 is 1.39 bits per heavy atom. The summed E-state index contributed by atoms with van der Waals surface area (Å²) < 4.78 is 17.2. The van der Waals surface area contributed by atoms with Crippen molar-refractivity contribution in [3.05, 3.63) is 119 Å². The molecule has 0 aromatic heterocycles. The second kappa shape index (κ2) is 9.42. The van der Waals surface area contributed by atoms with Gasteiger partial charge >= 0.3 is 0 Å². The fourth-order valence-electron chi connectivity index (χ4n) is 5.29. The van der Waals surface area contributed by atoms with Gasteiger partial charge in [0.1, 0.15) is 16.9 Å². The minimum Gasteiger partial charge on any atom is -0.457 e. The molecule has 5 heteroatoms.